The maximum absolute atomic E-state index is 12.4. The largest absolute Gasteiger partial charge is 0.325 e. The van der Waals surface area contributed by atoms with E-state index in [1.54, 1.807) is 30.3 Å². The van der Waals surface area contributed by atoms with E-state index < -0.39 is 0 Å². The number of aromatic nitrogens is 2. The number of thiazole rings is 1. The number of hydrogen-bond acceptors (Lipinski definition) is 5. The molecular formula is C21H17N5OS. The van der Waals surface area contributed by atoms with Gasteiger partial charge in [0.05, 0.1) is 23.0 Å². The van der Waals surface area contributed by atoms with Crippen molar-refractivity contribution in [1.82, 2.24) is 20.2 Å². The summed E-state index contributed by atoms with van der Waals surface area (Å²) in [5.74, 6) is 0. The fourth-order valence-electron chi connectivity index (χ4n) is 3.13. The molecule has 7 heteroatoms. The molecule has 1 aliphatic heterocycles. The van der Waals surface area contributed by atoms with Gasteiger partial charge in [0, 0.05) is 35.5 Å². The molecule has 1 aliphatic rings. The van der Waals surface area contributed by atoms with Crippen molar-refractivity contribution < 1.29 is 4.79 Å². The van der Waals surface area contributed by atoms with Crippen LogP contribution < -0.4 is 5.32 Å². The predicted molar refractivity (Wildman–Crippen MR) is 108 cm³/mol. The Morgan fingerprint density at radius 1 is 1.21 bits per heavy atom. The molecule has 3 aromatic rings. The lowest BCUT2D eigenvalue weighted by Crippen LogP contribution is -2.44. The van der Waals surface area contributed by atoms with Crippen molar-refractivity contribution >= 4 is 22.9 Å². The topological polar surface area (TPSA) is 81.9 Å². The summed E-state index contributed by atoms with van der Waals surface area (Å²) in [4.78, 5) is 23.2. The molecule has 1 unspecified atom stereocenters. The van der Waals surface area contributed by atoms with E-state index in [1.807, 2.05) is 42.6 Å². The van der Waals surface area contributed by atoms with Crippen molar-refractivity contribution in [2.45, 2.75) is 13.0 Å². The Morgan fingerprint density at radius 2 is 2.00 bits per heavy atom. The Labute approximate surface area is 166 Å². The van der Waals surface area contributed by atoms with Gasteiger partial charge in [-0.1, -0.05) is 18.2 Å². The van der Waals surface area contributed by atoms with E-state index in [4.69, 9.17) is 10.2 Å². The fourth-order valence-corrected chi connectivity index (χ4v) is 4.08. The van der Waals surface area contributed by atoms with Crippen LogP contribution >= 0.6 is 11.3 Å². The first-order valence-electron chi connectivity index (χ1n) is 8.71. The number of pyridine rings is 1. The Bertz CT molecular complexity index is 1100. The zero-order chi connectivity index (χ0) is 19.7. The summed E-state index contributed by atoms with van der Waals surface area (Å²) in [6, 6.07) is 14.6. The number of carbonyl (C=O) groups is 1. The molecule has 6 nitrogen and oxygen atoms in total. The molecule has 0 bridgehead atoms. The third kappa shape index (κ3) is 3.15. The Morgan fingerprint density at radius 3 is 2.68 bits per heavy atom. The number of amides is 2. The normalized spacial score (nSPS) is 16.7. The van der Waals surface area contributed by atoms with Gasteiger partial charge in [-0.15, -0.1) is 11.3 Å². The molecule has 0 spiro atoms. The van der Waals surface area contributed by atoms with Crippen molar-refractivity contribution in [3.8, 4) is 17.3 Å². The molecule has 0 fully saturated rings. The molecule has 3 heterocycles. The summed E-state index contributed by atoms with van der Waals surface area (Å²) in [5, 5.41) is 14.8. The highest BCUT2D eigenvalue weighted by Crippen LogP contribution is 2.38. The predicted octanol–water partition coefficient (Wildman–Crippen LogP) is 4.20. The zero-order valence-electron chi connectivity index (χ0n) is 15.4. The van der Waals surface area contributed by atoms with Crippen molar-refractivity contribution in [2.75, 3.05) is 7.05 Å². The molecular weight excluding hydrogens is 370 g/mol. The van der Waals surface area contributed by atoms with E-state index in [0.29, 0.717) is 5.56 Å². The highest BCUT2D eigenvalue weighted by molar-refractivity contribution is 7.11. The number of allylic oxidation sites excluding steroid dienone is 1. The van der Waals surface area contributed by atoms with Gasteiger partial charge in [0.1, 0.15) is 11.0 Å². The second-order valence-electron chi connectivity index (χ2n) is 6.42. The first kappa shape index (κ1) is 17.9. The SMILES string of the molecule is CC1=C(c2nc(-c3ccc(C#N)cc3)cs2)C(c2ccccn2)NC(=O)N1C. The standard InChI is InChI=1S/C21H17N5OS/c1-13-18(19(25-21(27)26(13)2)16-5-3-4-10-23-16)20-24-17(12-28-20)15-8-6-14(11-22)7-9-15/h3-10,12,19H,1-2H3,(H,25,27). The Balaban J connectivity index is 1.77. The van der Waals surface area contributed by atoms with Crippen molar-refractivity contribution in [3.05, 3.63) is 76.0 Å². The number of urea groups is 1. The molecule has 2 aromatic heterocycles. The Kier molecular flexibility index (Phi) is 4.63. The molecule has 0 radical (unpaired) electrons. The van der Waals surface area contributed by atoms with Gasteiger partial charge < -0.3 is 10.2 Å². The van der Waals surface area contributed by atoms with Gasteiger partial charge in [0.2, 0.25) is 0 Å². The number of rotatable bonds is 3. The molecule has 0 saturated carbocycles. The van der Waals surface area contributed by atoms with Crippen LogP contribution in [0.4, 0.5) is 4.79 Å². The summed E-state index contributed by atoms with van der Waals surface area (Å²) < 4.78 is 0. The second kappa shape index (κ2) is 7.25. The Hall–Kier alpha value is -3.50. The van der Waals surface area contributed by atoms with E-state index in [1.165, 1.54) is 11.3 Å². The highest BCUT2D eigenvalue weighted by Gasteiger charge is 2.33. The van der Waals surface area contributed by atoms with Crippen molar-refractivity contribution in [2.24, 2.45) is 0 Å². The van der Waals surface area contributed by atoms with Crippen molar-refractivity contribution in [3.63, 3.8) is 0 Å². The van der Waals surface area contributed by atoms with Gasteiger partial charge in [-0.25, -0.2) is 9.78 Å². The number of nitrogens with one attached hydrogen (secondary N) is 1. The maximum atomic E-state index is 12.4. The van der Waals surface area contributed by atoms with Gasteiger partial charge >= 0.3 is 6.03 Å². The van der Waals surface area contributed by atoms with Crippen LogP contribution in [0.3, 0.4) is 0 Å². The van der Waals surface area contributed by atoms with Gasteiger partial charge in [0.15, 0.2) is 0 Å². The lowest BCUT2D eigenvalue weighted by molar-refractivity contribution is 0.213. The van der Waals surface area contributed by atoms with Crippen LogP contribution in [0, 0.1) is 11.3 Å². The molecule has 1 atom stereocenters. The average Bonchev–Trinajstić information content (AvgIpc) is 3.22. The van der Waals surface area contributed by atoms with E-state index in [-0.39, 0.29) is 12.1 Å². The zero-order valence-corrected chi connectivity index (χ0v) is 16.2. The molecule has 28 heavy (non-hydrogen) atoms. The van der Waals surface area contributed by atoms with Gasteiger partial charge in [-0.2, -0.15) is 5.26 Å². The molecule has 0 aliphatic carbocycles. The van der Waals surface area contributed by atoms with E-state index >= 15 is 0 Å². The molecule has 138 valence electrons. The van der Waals surface area contributed by atoms with Crippen LogP contribution in [0.15, 0.2) is 59.7 Å². The number of benzene rings is 1. The van der Waals surface area contributed by atoms with E-state index in [9.17, 15) is 4.79 Å². The summed E-state index contributed by atoms with van der Waals surface area (Å²) in [6.07, 6.45) is 1.72. The number of nitriles is 1. The van der Waals surface area contributed by atoms with Gasteiger partial charge in [-0.05, 0) is 31.2 Å². The third-order valence-electron chi connectivity index (χ3n) is 4.78. The summed E-state index contributed by atoms with van der Waals surface area (Å²) in [6.45, 7) is 1.92. The minimum atomic E-state index is -0.357. The molecule has 2 amide bonds. The summed E-state index contributed by atoms with van der Waals surface area (Å²) in [7, 11) is 1.74. The minimum Gasteiger partial charge on any atom is -0.325 e. The van der Waals surface area contributed by atoms with Crippen LogP contribution in [0.25, 0.3) is 16.8 Å². The number of nitrogens with zero attached hydrogens (tertiary/aromatic N) is 4. The van der Waals surface area contributed by atoms with Crippen LogP contribution in [0.2, 0.25) is 0 Å². The second-order valence-corrected chi connectivity index (χ2v) is 7.28. The maximum Gasteiger partial charge on any atom is 0.322 e. The first-order valence-corrected chi connectivity index (χ1v) is 9.59. The van der Waals surface area contributed by atoms with Crippen LogP contribution in [0.1, 0.15) is 29.2 Å². The van der Waals surface area contributed by atoms with Crippen LogP contribution in [-0.2, 0) is 0 Å². The monoisotopic (exact) mass is 387 g/mol. The highest BCUT2D eigenvalue weighted by atomic mass is 32.1. The fraction of sp³-hybridized carbons (Fsp3) is 0.143. The quantitative estimate of drug-likeness (QED) is 0.730. The van der Waals surface area contributed by atoms with E-state index in [0.717, 1.165) is 33.2 Å². The number of hydrogen-bond donors (Lipinski definition) is 1. The van der Waals surface area contributed by atoms with E-state index in [2.05, 4.69) is 16.4 Å². The lowest BCUT2D eigenvalue weighted by Gasteiger charge is -2.33. The van der Waals surface area contributed by atoms with Crippen LogP contribution in [0.5, 0.6) is 0 Å². The van der Waals surface area contributed by atoms with Crippen molar-refractivity contribution in [1.29, 1.82) is 5.26 Å². The lowest BCUT2D eigenvalue weighted by atomic mass is 9.99. The third-order valence-corrected chi connectivity index (χ3v) is 5.66. The van der Waals surface area contributed by atoms with Gasteiger partial charge in [0.25, 0.3) is 0 Å². The number of carbonyl (C=O) groups excluding carboxylic acids is 1. The molecule has 1 aromatic carbocycles. The average molecular weight is 387 g/mol. The summed E-state index contributed by atoms with van der Waals surface area (Å²) >= 11 is 1.53. The van der Waals surface area contributed by atoms with Gasteiger partial charge in [-0.3, -0.25) is 4.98 Å². The van der Waals surface area contributed by atoms with Crippen LogP contribution in [-0.4, -0.2) is 27.9 Å². The first-order chi connectivity index (χ1) is 13.6. The summed E-state index contributed by atoms with van der Waals surface area (Å²) in [5.41, 5.74) is 4.95. The molecule has 0 saturated heterocycles. The minimum absolute atomic E-state index is 0.166. The molecule has 1 N–H and O–H groups in total. The molecule has 4 rings (SSSR count). The smallest absolute Gasteiger partial charge is 0.322 e.